The number of aromatic amines is 1. The van der Waals surface area contributed by atoms with Gasteiger partial charge in [-0.05, 0) is 57.0 Å². The minimum atomic E-state index is -0.158. The van der Waals surface area contributed by atoms with Gasteiger partial charge in [0.2, 0.25) is 0 Å². The molecule has 2 amide bonds. The van der Waals surface area contributed by atoms with E-state index < -0.39 is 0 Å². The Labute approximate surface area is 206 Å². The van der Waals surface area contributed by atoms with Crippen LogP contribution in [0, 0.1) is 19.3 Å². The fraction of sp³-hybridized carbons (Fsp3) is 0.346. The second-order valence-corrected chi connectivity index (χ2v) is 8.77. The number of hydrogen-bond donors (Lipinski definition) is 4. The number of nitrogens with zero attached hydrogens (tertiary/aromatic N) is 2. The molecule has 1 saturated heterocycles. The Hall–Kier alpha value is -3.85. The molecule has 9 nitrogen and oxygen atoms in total. The SMILES string of the molecule is CNC[C@H]1CCCN1C(=O)c1c[nH]c(/C(=C\C=N)Oc2ccn3c(C(=O)NC)c(C)cc3c2)c1C.[HH]. The van der Waals surface area contributed by atoms with Crippen LogP contribution in [-0.4, -0.2) is 65.5 Å². The van der Waals surface area contributed by atoms with Gasteiger partial charge in [0.1, 0.15) is 11.4 Å². The number of likely N-dealkylation sites (N-methyl/N-ethyl adjacent to an activating group) is 1. The van der Waals surface area contributed by atoms with Gasteiger partial charge in [0.05, 0.1) is 11.3 Å². The van der Waals surface area contributed by atoms with E-state index in [4.69, 9.17) is 10.1 Å². The summed E-state index contributed by atoms with van der Waals surface area (Å²) in [4.78, 5) is 30.7. The maximum atomic E-state index is 13.3. The van der Waals surface area contributed by atoms with Crippen LogP contribution in [0.15, 0.2) is 36.7 Å². The van der Waals surface area contributed by atoms with Crippen LogP contribution in [0.3, 0.4) is 0 Å². The molecule has 0 aromatic carbocycles. The number of carbonyl (C=O) groups is 2. The van der Waals surface area contributed by atoms with Crippen molar-refractivity contribution in [3.8, 4) is 5.75 Å². The van der Waals surface area contributed by atoms with E-state index in [1.54, 1.807) is 31.6 Å². The third-order valence-electron chi connectivity index (χ3n) is 6.53. The smallest absolute Gasteiger partial charge is 0.268 e. The van der Waals surface area contributed by atoms with Crippen molar-refractivity contribution in [1.82, 2.24) is 24.9 Å². The predicted molar refractivity (Wildman–Crippen MR) is 139 cm³/mol. The van der Waals surface area contributed by atoms with Crippen LogP contribution >= 0.6 is 0 Å². The summed E-state index contributed by atoms with van der Waals surface area (Å²) in [5.41, 5.74) is 4.29. The first-order valence-electron chi connectivity index (χ1n) is 11.8. The molecule has 0 saturated carbocycles. The fourth-order valence-electron chi connectivity index (χ4n) is 4.81. The Morgan fingerprint density at radius 2 is 2.11 bits per heavy atom. The lowest BCUT2D eigenvalue weighted by atomic mass is 10.1. The number of fused-ring (bicyclic) bond motifs is 1. The summed E-state index contributed by atoms with van der Waals surface area (Å²) in [6.07, 6.45) is 8.21. The molecule has 0 unspecified atom stereocenters. The molecule has 0 aliphatic carbocycles. The lowest BCUT2D eigenvalue weighted by Gasteiger charge is -2.24. The second kappa shape index (κ2) is 10.2. The van der Waals surface area contributed by atoms with Crippen molar-refractivity contribution in [3.63, 3.8) is 0 Å². The summed E-state index contributed by atoms with van der Waals surface area (Å²) in [6.45, 7) is 5.30. The molecule has 3 aromatic rings. The van der Waals surface area contributed by atoms with Gasteiger partial charge in [-0.1, -0.05) is 0 Å². The molecule has 1 atom stereocenters. The summed E-state index contributed by atoms with van der Waals surface area (Å²) < 4.78 is 7.99. The van der Waals surface area contributed by atoms with Crippen LogP contribution in [-0.2, 0) is 0 Å². The van der Waals surface area contributed by atoms with Gasteiger partial charge in [0, 0.05) is 63.9 Å². The lowest BCUT2D eigenvalue weighted by molar-refractivity contribution is 0.0736. The quantitative estimate of drug-likeness (QED) is 0.293. The molecule has 4 rings (SSSR count). The summed E-state index contributed by atoms with van der Waals surface area (Å²) in [7, 11) is 3.51. The van der Waals surface area contributed by atoms with Gasteiger partial charge < -0.3 is 35.1 Å². The first kappa shape index (κ1) is 24.3. The van der Waals surface area contributed by atoms with Crippen molar-refractivity contribution in [3.05, 3.63) is 64.7 Å². The van der Waals surface area contributed by atoms with Crippen molar-refractivity contribution >= 4 is 29.3 Å². The van der Waals surface area contributed by atoms with Crippen LogP contribution in [0.25, 0.3) is 11.3 Å². The third kappa shape index (κ3) is 4.59. The lowest BCUT2D eigenvalue weighted by Crippen LogP contribution is -2.40. The van der Waals surface area contributed by atoms with Gasteiger partial charge in [-0.2, -0.15) is 0 Å². The molecule has 1 aliphatic heterocycles. The Bertz CT molecular complexity index is 1310. The monoisotopic (exact) mass is 478 g/mol. The number of amides is 2. The highest BCUT2D eigenvalue weighted by Crippen LogP contribution is 2.29. The molecule has 1 fully saturated rings. The average Bonchev–Trinajstić information content (AvgIpc) is 3.54. The minimum Gasteiger partial charge on any atom is -0.455 e. The van der Waals surface area contributed by atoms with E-state index in [1.807, 2.05) is 42.3 Å². The molecule has 9 heteroatoms. The number of allylic oxidation sites excluding steroid dienone is 1. The van der Waals surface area contributed by atoms with Gasteiger partial charge in [0.15, 0.2) is 5.76 Å². The summed E-state index contributed by atoms with van der Waals surface area (Å²) in [6, 6.07) is 5.72. The second-order valence-electron chi connectivity index (χ2n) is 8.77. The number of aromatic nitrogens is 2. The van der Waals surface area contributed by atoms with Crippen LogP contribution in [0.4, 0.5) is 0 Å². The zero-order chi connectivity index (χ0) is 25.1. The first-order valence-corrected chi connectivity index (χ1v) is 11.8. The third-order valence-corrected chi connectivity index (χ3v) is 6.53. The number of pyridine rings is 1. The van der Waals surface area contributed by atoms with Crippen LogP contribution < -0.4 is 15.4 Å². The Morgan fingerprint density at radius 1 is 1.31 bits per heavy atom. The van der Waals surface area contributed by atoms with E-state index in [2.05, 4.69) is 15.6 Å². The van der Waals surface area contributed by atoms with Gasteiger partial charge in [-0.15, -0.1) is 0 Å². The summed E-state index contributed by atoms with van der Waals surface area (Å²) >= 11 is 0. The highest BCUT2D eigenvalue weighted by Gasteiger charge is 2.31. The van der Waals surface area contributed by atoms with E-state index in [1.165, 1.54) is 0 Å². The van der Waals surface area contributed by atoms with Gasteiger partial charge >= 0.3 is 0 Å². The number of H-pyrrole nitrogens is 1. The van der Waals surface area contributed by atoms with Crippen LogP contribution in [0.5, 0.6) is 5.75 Å². The van der Waals surface area contributed by atoms with E-state index in [9.17, 15) is 9.59 Å². The zero-order valence-electron chi connectivity index (χ0n) is 20.6. The van der Waals surface area contributed by atoms with Crippen molar-refractivity contribution < 1.29 is 15.8 Å². The number of ether oxygens (including phenoxy) is 1. The Balaban J connectivity index is 0.00000361. The Kier molecular flexibility index (Phi) is 7.07. The largest absolute Gasteiger partial charge is 0.455 e. The number of hydrogen-bond acceptors (Lipinski definition) is 5. The molecule has 0 spiro atoms. The molecule has 0 radical (unpaired) electrons. The highest BCUT2D eigenvalue weighted by molar-refractivity contribution is 5.98. The summed E-state index contributed by atoms with van der Waals surface area (Å²) in [5, 5.41) is 13.5. The molecule has 4 heterocycles. The topological polar surface area (TPSA) is 115 Å². The van der Waals surface area contributed by atoms with Crippen molar-refractivity contribution in [2.24, 2.45) is 0 Å². The molecule has 0 bridgehead atoms. The minimum absolute atomic E-state index is 0. The number of carbonyl (C=O) groups excluding carboxylic acids is 2. The molecule has 186 valence electrons. The van der Waals surface area contributed by atoms with E-state index >= 15 is 0 Å². The number of rotatable bonds is 8. The van der Waals surface area contributed by atoms with Crippen LogP contribution in [0.2, 0.25) is 0 Å². The molecule has 1 aliphatic rings. The van der Waals surface area contributed by atoms with Crippen molar-refractivity contribution in [1.29, 1.82) is 5.41 Å². The summed E-state index contributed by atoms with van der Waals surface area (Å²) in [5.74, 6) is 0.837. The maximum Gasteiger partial charge on any atom is 0.268 e. The number of aryl methyl sites for hydroxylation is 1. The van der Waals surface area contributed by atoms with E-state index in [0.29, 0.717) is 28.5 Å². The van der Waals surface area contributed by atoms with Crippen molar-refractivity contribution in [2.45, 2.75) is 32.7 Å². The highest BCUT2D eigenvalue weighted by atomic mass is 16.5. The number of likely N-dealkylation sites (tertiary alicyclic amines) is 1. The molecular formula is C26H34N6O3. The fourth-order valence-corrected chi connectivity index (χ4v) is 4.81. The van der Waals surface area contributed by atoms with Gasteiger partial charge in [0.25, 0.3) is 11.8 Å². The maximum absolute atomic E-state index is 13.3. The molecule has 35 heavy (non-hydrogen) atoms. The molecule has 4 N–H and O–H groups in total. The molecular weight excluding hydrogens is 444 g/mol. The average molecular weight is 479 g/mol. The zero-order valence-corrected chi connectivity index (χ0v) is 20.6. The standard InChI is InChI=1S/C26H32N6O3.H2/c1-16-12-19-13-20(8-11-31(19)24(16)25(33)29-4)35-22(7-9-27)23-17(2)21(15-30-23)26(34)32-10-5-6-18(32)14-28-3;/h7-9,11-13,15,18,27-28,30H,5-6,10,14H2,1-4H3,(H,29,33);1H/b22-7+,27-9?;/t18-;/m1./s1. The Morgan fingerprint density at radius 3 is 2.83 bits per heavy atom. The van der Waals surface area contributed by atoms with E-state index in [0.717, 1.165) is 48.8 Å². The van der Waals surface area contributed by atoms with Crippen LogP contribution in [0.1, 0.15) is 51.9 Å². The van der Waals surface area contributed by atoms with E-state index in [-0.39, 0.29) is 19.3 Å². The molecule has 3 aromatic heterocycles. The normalized spacial score (nSPS) is 16.1. The van der Waals surface area contributed by atoms with Gasteiger partial charge in [-0.3, -0.25) is 9.59 Å². The number of nitrogens with one attached hydrogen (secondary N) is 4. The first-order chi connectivity index (χ1) is 16.9. The van der Waals surface area contributed by atoms with Crippen molar-refractivity contribution in [2.75, 3.05) is 27.2 Å². The predicted octanol–water partition coefficient (Wildman–Crippen LogP) is 3.38. The van der Waals surface area contributed by atoms with Gasteiger partial charge in [-0.25, -0.2) is 0 Å².